The average molecular weight is 398 g/mol. The van der Waals surface area contributed by atoms with Gasteiger partial charge in [-0.25, -0.2) is 9.79 Å². The second-order valence-corrected chi connectivity index (χ2v) is 8.37. The van der Waals surface area contributed by atoms with E-state index in [4.69, 9.17) is 4.99 Å². The maximum atomic E-state index is 13.3. The van der Waals surface area contributed by atoms with Crippen LogP contribution in [0, 0.1) is 13.8 Å². The molecule has 3 amide bonds. The number of imide groups is 1. The Labute approximate surface area is 173 Å². The summed E-state index contributed by atoms with van der Waals surface area (Å²) in [6, 6.07) is 5.76. The summed E-state index contributed by atoms with van der Waals surface area (Å²) in [6.45, 7) is 8.38. The smallest absolute Gasteiger partial charge is 0.325 e. The van der Waals surface area contributed by atoms with E-state index >= 15 is 0 Å². The summed E-state index contributed by atoms with van der Waals surface area (Å²) >= 11 is 0. The molecule has 3 aliphatic rings. The number of unbranched alkanes of at least 4 members (excludes halogenated alkanes) is 3. The zero-order valence-electron chi connectivity index (χ0n) is 17.9. The van der Waals surface area contributed by atoms with Crippen molar-refractivity contribution in [3.63, 3.8) is 0 Å². The first-order valence-corrected chi connectivity index (χ1v) is 10.7. The second-order valence-electron chi connectivity index (χ2n) is 8.37. The predicted molar refractivity (Wildman–Crippen MR) is 114 cm³/mol. The van der Waals surface area contributed by atoms with Crippen molar-refractivity contribution in [3.05, 3.63) is 29.3 Å². The Morgan fingerprint density at radius 3 is 2.62 bits per heavy atom. The Bertz CT molecular complexity index is 852. The minimum atomic E-state index is -0.439. The van der Waals surface area contributed by atoms with Gasteiger partial charge in [0, 0.05) is 32.4 Å². The number of hydrogen-bond donors (Lipinski definition) is 0. The Morgan fingerprint density at radius 2 is 1.90 bits per heavy atom. The Hall–Kier alpha value is -2.57. The third-order valence-electron chi connectivity index (χ3n) is 6.26. The number of likely N-dealkylation sites (N-methyl/N-ethyl adjacent to an activating group) is 1. The summed E-state index contributed by atoms with van der Waals surface area (Å²) in [5.41, 5.74) is 3.54. The highest BCUT2D eigenvalue weighted by molar-refractivity contribution is 6.08. The normalized spacial score (nSPS) is 23.7. The zero-order valence-corrected chi connectivity index (χ0v) is 17.9. The first-order valence-electron chi connectivity index (χ1n) is 10.7. The fourth-order valence-corrected chi connectivity index (χ4v) is 4.68. The van der Waals surface area contributed by atoms with Gasteiger partial charge in [-0.2, -0.15) is 0 Å². The van der Waals surface area contributed by atoms with Crippen LogP contribution in [0.2, 0.25) is 0 Å². The van der Waals surface area contributed by atoms with E-state index in [9.17, 15) is 9.59 Å². The zero-order chi connectivity index (χ0) is 20.7. The van der Waals surface area contributed by atoms with Crippen molar-refractivity contribution in [1.29, 1.82) is 0 Å². The number of urea groups is 1. The van der Waals surface area contributed by atoms with Crippen molar-refractivity contribution in [2.45, 2.75) is 58.7 Å². The van der Waals surface area contributed by atoms with E-state index in [2.05, 4.69) is 48.8 Å². The van der Waals surface area contributed by atoms with Crippen molar-refractivity contribution in [3.8, 4) is 0 Å². The number of carbonyl (C=O) groups is 2. The van der Waals surface area contributed by atoms with Crippen molar-refractivity contribution >= 4 is 23.6 Å². The van der Waals surface area contributed by atoms with Gasteiger partial charge >= 0.3 is 6.03 Å². The van der Waals surface area contributed by atoms with Crippen LogP contribution >= 0.6 is 0 Å². The van der Waals surface area contributed by atoms with Gasteiger partial charge in [0.1, 0.15) is 0 Å². The molecule has 7 heteroatoms. The van der Waals surface area contributed by atoms with Crippen LogP contribution in [-0.4, -0.2) is 71.5 Å². The summed E-state index contributed by atoms with van der Waals surface area (Å²) in [4.78, 5) is 38.3. The SMILES string of the molecule is CCCCCCN1C(=O)C2C(N=C3N(c4ccc(C)cc4C)CCN32)N(C)C1=O. The number of aryl methyl sites for hydroxylation is 2. The van der Waals surface area contributed by atoms with Crippen LogP contribution in [0.5, 0.6) is 0 Å². The molecule has 4 rings (SSSR count). The fourth-order valence-electron chi connectivity index (χ4n) is 4.68. The van der Waals surface area contributed by atoms with Gasteiger partial charge in [0.2, 0.25) is 5.96 Å². The molecule has 0 aromatic heterocycles. The lowest BCUT2D eigenvalue weighted by molar-refractivity contribution is -0.137. The minimum absolute atomic E-state index is 0.101. The van der Waals surface area contributed by atoms with Gasteiger partial charge in [-0.1, -0.05) is 43.9 Å². The van der Waals surface area contributed by atoms with Crippen LogP contribution in [0.1, 0.15) is 43.7 Å². The van der Waals surface area contributed by atoms with E-state index in [0.29, 0.717) is 6.54 Å². The van der Waals surface area contributed by atoms with E-state index in [0.717, 1.165) is 50.4 Å². The van der Waals surface area contributed by atoms with Crippen LogP contribution in [0.15, 0.2) is 23.2 Å². The minimum Gasteiger partial charge on any atom is -0.325 e. The maximum Gasteiger partial charge on any atom is 0.328 e. The van der Waals surface area contributed by atoms with Crippen molar-refractivity contribution in [1.82, 2.24) is 14.7 Å². The van der Waals surface area contributed by atoms with Gasteiger partial charge in [0.25, 0.3) is 5.91 Å². The third kappa shape index (κ3) is 3.26. The van der Waals surface area contributed by atoms with Gasteiger partial charge in [0.05, 0.1) is 0 Å². The Morgan fingerprint density at radius 1 is 1.10 bits per heavy atom. The first-order chi connectivity index (χ1) is 13.9. The van der Waals surface area contributed by atoms with Gasteiger partial charge in [-0.15, -0.1) is 0 Å². The molecule has 0 aliphatic carbocycles. The predicted octanol–water partition coefficient (Wildman–Crippen LogP) is 2.96. The fraction of sp³-hybridized carbons (Fsp3) is 0.591. The number of rotatable bonds is 6. The molecule has 2 fully saturated rings. The van der Waals surface area contributed by atoms with E-state index < -0.39 is 12.2 Å². The van der Waals surface area contributed by atoms with Crippen LogP contribution in [0.25, 0.3) is 0 Å². The number of fused-ring (bicyclic) bond motifs is 3. The number of nitrogens with zero attached hydrogens (tertiary/aromatic N) is 5. The quantitative estimate of drug-likeness (QED) is 0.693. The van der Waals surface area contributed by atoms with Crippen molar-refractivity contribution in [2.24, 2.45) is 4.99 Å². The summed E-state index contributed by atoms with van der Waals surface area (Å²) in [5, 5.41) is 0. The molecular formula is C22H31N5O2. The molecule has 1 aromatic carbocycles. The molecule has 2 unspecified atom stereocenters. The van der Waals surface area contributed by atoms with Gasteiger partial charge in [0.15, 0.2) is 12.2 Å². The monoisotopic (exact) mass is 397 g/mol. The molecule has 2 atom stereocenters. The Balaban J connectivity index is 1.57. The highest BCUT2D eigenvalue weighted by Crippen LogP contribution is 2.34. The van der Waals surface area contributed by atoms with Crippen LogP contribution < -0.4 is 4.90 Å². The third-order valence-corrected chi connectivity index (χ3v) is 6.26. The molecule has 156 valence electrons. The van der Waals surface area contributed by atoms with Gasteiger partial charge < -0.3 is 14.7 Å². The Kier molecular flexibility index (Phi) is 5.23. The molecule has 0 bridgehead atoms. The second kappa shape index (κ2) is 7.69. The number of anilines is 1. The van der Waals surface area contributed by atoms with Crippen LogP contribution in [0.4, 0.5) is 10.5 Å². The molecule has 3 aliphatic heterocycles. The number of hydrogen-bond acceptors (Lipinski definition) is 5. The van der Waals surface area contributed by atoms with Crippen LogP contribution in [-0.2, 0) is 4.79 Å². The number of benzene rings is 1. The molecule has 1 aromatic rings. The summed E-state index contributed by atoms with van der Waals surface area (Å²) in [7, 11) is 1.76. The lowest BCUT2D eigenvalue weighted by Gasteiger charge is -2.40. The average Bonchev–Trinajstić information content (AvgIpc) is 3.25. The molecular weight excluding hydrogens is 366 g/mol. The number of carbonyl (C=O) groups excluding carboxylic acids is 2. The molecule has 0 spiro atoms. The number of aliphatic imine (C=N–C) groups is 1. The largest absolute Gasteiger partial charge is 0.328 e. The van der Waals surface area contributed by atoms with Gasteiger partial charge in [-0.3, -0.25) is 9.69 Å². The molecule has 0 saturated carbocycles. The standard InChI is InChI=1S/C22H31N5O2/c1-5-6-7-8-11-27-20(28)18-19(24(4)22(27)29)23-21-25(12-13-26(18)21)17-10-9-15(2)14-16(17)3/h9-10,14,18-19H,5-8,11-13H2,1-4H3. The van der Waals surface area contributed by atoms with Crippen LogP contribution in [0.3, 0.4) is 0 Å². The topological polar surface area (TPSA) is 59.5 Å². The molecule has 7 nitrogen and oxygen atoms in total. The number of amides is 3. The lowest BCUT2D eigenvalue weighted by Crippen LogP contribution is -2.64. The van der Waals surface area contributed by atoms with Crippen molar-refractivity contribution in [2.75, 3.05) is 31.6 Å². The summed E-state index contributed by atoms with van der Waals surface area (Å²) in [6.07, 6.45) is 3.72. The highest BCUT2D eigenvalue weighted by Gasteiger charge is 2.54. The van der Waals surface area contributed by atoms with E-state index in [-0.39, 0.29) is 11.9 Å². The van der Waals surface area contributed by atoms with E-state index in [1.165, 1.54) is 16.0 Å². The summed E-state index contributed by atoms with van der Waals surface area (Å²) < 4.78 is 0. The first kappa shape index (κ1) is 19.7. The van der Waals surface area contributed by atoms with E-state index in [1.54, 1.807) is 11.9 Å². The van der Waals surface area contributed by atoms with Gasteiger partial charge in [-0.05, 0) is 31.9 Å². The maximum absolute atomic E-state index is 13.3. The molecule has 2 saturated heterocycles. The van der Waals surface area contributed by atoms with E-state index in [1.807, 2.05) is 0 Å². The number of guanidine groups is 1. The molecule has 3 heterocycles. The molecule has 0 radical (unpaired) electrons. The highest BCUT2D eigenvalue weighted by atomic mass is 16.2. The molecule has 29 heavy (non-hydrogen) atoms. The lowest BCUT2D eigenvalue weighted by atomic mass is 10.1. The van der Waals surface area contributed by atoms with Crippen molar-refractivity contribution < 1.29 is 9.59 Å². The molecule has 0 N–H and O–H groups in total. The summed E-state index contributed by atoms with van der Waals surface area (Å²) in [5.74, 6) is 0.712.